The van der Waals surface area contributed by atoms with Gasteiger partial charge in [-0.2, -0.15) is 4.73 Å². The van der Waals surface area contributed by atoms with Gasteiger partial charge in [0.2, 0.25) is 0 Å². The second-order valence-electron chi connectivity index (χ2n) is 5.71. The first-order chi connectivity index (χ1) is 11.1. The van der Waals surface area contributed by atoms with Crippen molar-refractivity contribution >= 4 is 0 Å². The van der Waals surface area contributed by atoms with E-state index in [1.807, 2.05) is 0 Å². The van der Waals surface area contributed by atoms with Gasteiger partial charge in [0.15, 0.2) is 11.5 Å². The summed E-state index contributed by atoms with van der Waals surface area (Å²) in [7, 11) is 3.12. The van der Waals surface area contributed by atoms with Crippen LogP contribution in [0.1, 0.15) is 29.9 Å². The molecule has 1 heterocycles. The maximum Gasteiger partial charge on any atom is 0.292 e. The molecule has 0 aliphatic heterocycles. The van der Waals surface area contributed by atoms with Crippen LogP contribution < -0.4 is 13.9 Å². The summed E-state index contributed by atoms with van der Waals surface area (Å²) in [5.41, 5.74) is 3.01. The van der Waals surface area contributed by atoms with Crippen molar-refractivity contribution in [2.75, 3.05) is 14.2 Å². The fourth-order valence-electron chi connectivity index (χ4n) is 3.21. The van der Waals surface area contributed by atoms with Gasteiger partial charge in [0, 0.05) is 11.3 Å². The van der Waals surface area contributed by atoms with Gasteiger partial charge in [0.25, 0.3) is 11.4 Å². The monoisotopic (exact) mass is 317 g/mol. The van der Waals surface area contributed by atoms with Gasteiger partial charge in [-0.15, -0.1) is 0 Å². The molecular formula is C17H21N2O4+. The van der Waals surface area contributed by atoms with E-state index >= 15 is 0 Å². The van der Waals surface area contributed by atoms with Crippen LogP contribution in [0, 0.1) is 11.8 Å². The van der Waals surface area contributed by atoms with E-state index in [1.165, 1.54) is 0 Å². The number of aromatic nitrogens is 2. The van der Waals surface area contributed by atoms with E-state index in [9.17, 15) is 10.1 Å². The highest BCUT2D eigenvalue weighted by Gasteiger charge is 2.31. The van der Waals surface area contributed by atoms with Gasteiger partial charge in [-0.3, -0.25) is 0 Å². The molecule has 1 aromatic carbocycles. The Morgan fingerprint density at radius 3 is 2.52 bits per heavy atom. The quantitative estimate of drug-likeness (QED) is 0.698. The number of hydrogen-bond donors (Lipinski definition) is 1. The zero-order valence-corrected chi connectivity index (χ0v) is 13.6. The van der Waals surface area contributed by atoms with Gasteiger partial charge in [-0.25, -0.2) is 0 Å². The molecule has 3 rings (SSSR count). The summed E-state index contributed by atoms with van der Waals surface area (Å²) in [6.45, 7) is 1.75. The Kier molecular flexibility index (Phi) is 3.98. The lowest BCUT2D eigenvalue weighted by atomic mass is 9.99. The maximum absolute atomic E-state index is 12.9. The molecule has 122 valence electrons. The topological polar surface area (TPSA) is 66.6 Å². The van der Waals surface area contributed by atoms with Crippen molar-refractivity contribution < 1.29 is 19.1 Å². The third kappa shape index (κ3) is 2.44. The Morgan fingerprint density at radius 1 is 1.13 bits per heavy atom. The van der Waals surface area contributed by atoms with E-state index in [-0.39, 0.29) is 0 Å². The van der Waals surface area contributed by atoms with E-state index in [1.54, 1.807) is 39.3 Å². The number of rotatable bonds is 3. The van der Waals surface area contributed by atoms with Crippen LogP contribution in [0.4, 0.5) is 0 Å². The standard InChI is InChI=1S/C17H21N2O4/c1-11-17(12-8-9-15(22-2)16(10-12)23-3)19(21)14-7-5-4-6-13(14)18(11)20/h8-10,20H,4-7H2,1-3H3/q+1. The Hall–Kier alpha value is -2.50. The van der Waals surface area contributed by atoms with Crippen molar-refractivity contribution in [3.8, 4) is 22.8 Å². The molecule has 0 saturated heterocycles. The highest BCUT2D eigenvalue weighted by atomic mass is 16.5. The molecule has 0 bridgehead atoms. The predicted octanol–water partition coefficient (Wildman–Crippen LogP) is 2.51. The van der Waals surface area contributed by atoms with E-state index in [0.717, 1.165) is 28.4 Å². The van der Waals surface area contributed by atoms with Crippen molar-refractivity contribution in [3.05, 3.63) is 40.2 Å². The summed E-state index contributed by atoms with van der Waals surface area (Å²) >= 11 is 0. The number of methoxy groups -OCH3 is 2. The predicted molar refractivity (Wildman–Crippen MR) is 84.9 cm³/mol. The molecule has 1 aliphatic carbocycles. The first kappa shape index (κ1) is 15.4. The van der Waals surface area contributed by atoms with Crippen LogP contribution in [0.5, 0.6) is 11.5 Å². The Bertz CT molecular complexity index is 811. The number of nitrogens with zero attached hydrogens (tertiary/aromatic N) is 2. The normalized spacial score (nSPS) is 13.5. The lowest BCUT2D eigenvalue weighted by Gasteiger charge is -2.16. The highest BCUT2D eigenvalue weighted by molar-refractivity contribution is 5.63. The molecule has 1 aliphatic rings. The zero-order chi connectivity index (χ0) is 16.6. The molecule has 0 amide bonds. The van der Waals surface area contributed by atoms with E-state index in [2.05, 4.69) is 0 Å². The van der Waals surface area contributed by atoms with E-state index in [0.29, 0.717) is 46.3 Å². The molecule has 0 saturated carbocycles. The number of benzene rings is 1. The van der Waals surface area contributed by atoms with Crippen LogP contribution >= 0.6 is 0 Å². The van der Waals surface area contributed by atoms with Crippen molar-refractivity contribution in [1.29, 1.82) is 0 Å². The minimum Gasteiger partial charge on any atom is -0.493 e. The largest absolute Gasteiger partial charge is 0.493 e. The van der Waals surface area contributed by atoms with Crippen LogP contribution in [0.25, 0.3) is 11.3 Å². The van der Waals surface area contributed by atoms with Gasteiger partial charge in [0.05, 0.1) is 24.2 Å². The van der Waals surface area contributed by atoms with Gasteiger partial charge in [0.1, 0.15) is 11.4 Å². The van der Waals surface area contributed by atoms with Crippen LogP contribution in [0.15, 0.2) is 18.2 Å². The second kappa shape index (κ2) is 5.95. The summed E-state index contributed by atoms with van der Waals surface area (Å²) in [5, 5.41) is 10.4. The van der Waals surface area contributed by atoms with Crippen LogP contribution in [-0.4, -0.2) is 24.2 Å². The molecule has 23 heavy (non-hydrogen) atoms. The van der Waals surface area contributed by atoms with Gasteiger partial charge in [-0.1, -0.05) is 0 Å². The first-order valence-corrected chi connectivity index (χ1v) is 7.70. The van der Waals surface area contributed by atoms with Crippen LogP contribution in [-0.2, 0) is 12.8 Å². The summed E-state index contributed by atoms with van der Waals surface area (Å²) in [6, 6.07) is 5.31. The zero-order valence-electron chi connectivity index (χ0n) is 13.6. The fraction of sp³-hybridized carbons (Fsp3) is 0.412. The Labute approximate surface area is 134 Å². The second-order valence-corrected chi connectivity index (χ2v) is 5.71. The molecule has 0 radical (unpaired) electrons. The molecule has 0 atom stereocenters. The van der Waals surface area contributed by atoms with Gasteiger partial charge >= 0.3 is 0 Å². The molecule has 6 heteroatoms. The van der Waals surface area contributed by atoms with Crippen LogP contribution in [0.2, 0.25) is 0 Å². The van der Waals surface area contributed by atoms with Gasteiger partial charge in [-0.05, 0) is 44.4 Å². The summed E-state index contributed by atoms with van der Waals surface area (Å²) in [6.07, 6.45) is 3.35. The molecule has 0 fully saturated rings. The van der Waals surface area contributed by atoms with E-state index < -0.39 is 0 Å². The van der Waals surface area contributed by atoms with Gasteiger partial charge < -0.3 is 14.7 Å². The average Bonchev–Trinajstić information content (AvgIpc) is 2.59. The summed E-state index contributed by atoms with van der Waals surface area (Å²) in [4.78, 5) is 12.9. The molecule has 1 N–H and O–H groups in total. The maximum atomic E-state index is 12.9. The van der Waals surface area contributed by atoms with Crippen molar-refractivity contribution in [1.82, 2.24) is 4.73 Å². The minimum absolute atomic E-state index is 0.439. The molecule has 1 aromatic heterocycles. The SMILES string of the molecule is COc1ccc(-c2c(C)n(O)c3c([n+]2=O)CCCC3)cc1OC. The third-order valence-corrected chi connectivity index (χ3v) is 4.43. The number of fused-ring (bicyclic) bond motifs is 1. The van der Waals surface area contributed by atoms with E-state index in [4.69, 9.17) is 9.47 Å². The Balaban J connectivity index is 2.25. The molecular weight excluding hydrogens is 296 g/mol. The number of hydrogen-bond acceptors (Lipinski definition) is 4. The lowest BCUT2D eigenvalue weighted by Crippen LogP contribution is -2.33. The molecule has 0 unspecified atom stereocenters. The molecule has 0 spiro atoms. The highest BCUT2D eigenvalue weighted by Crippen LogP contribution is 2.33. The molecule has 6 nitrogen and oxygen atoms in total. The van der Waals surface area contributed by atoms with Crippen LogP contribution in [0.3, 0.4) is 0 Å². The summed E-state index contributed by atoms with van der Waals surface area (Å²) < 4.78 is 12.7. The van der Waals surface area contributed by atoms with Crippen molar-refractivity contribution in [2.45, 2.75) is 32.6 Å². The minimum atomic E-state index is 0.439. The first-order valence-electron chi connectivity index (χ1n) is 7.70. The molecule has 2 aromatic rings. The third-order valence-electron chi connectivity index (χ3n) is 4.43. The smallest absolute Gasteiger partial charge is 0.292 e. The lowest BCUT2D eigenvalue weighted by molar-refractivity contribution is -0.496. The average molecular weight is 317 g/mol. The fourth-order valence-corrected chi connectivity index (χ4v) is 3.21. The van der Waals surface area contributed by atoms with Crippen molar-refractivity contribution in [2.24, 2.45) is 0 Å². The number of ether oxygens (including phenoxy) is 2. The Morgan fingerprint density at radius 2 is 1.83 bits per heavy atom. The summed E-state index contributed by atoms with van der Waals surface area (Å²) in [5.74, 6) is 1.15. The van der Waals surface area contributed by atoms with Crippen molar-refractivity contribution in [3.63, 3.8) is 0 Å².